The van der Waals surface area contributed by atoms with E-state index in [-0.39, 0.29) is 48.6 Å². The number of anilines is 2. The number of rotatable bonds is 15. The number of nitrogens with one attached hydrogen (secondary N) is 2. The van der Waals surface area contributed by atoms with Gasteiger partial charge in [-0.3, -0.25) is 19.2 Å². The number of hydrogen-bond donors (Lipinski definition) is 2. The van der Waals surface area contributed by atoms with Crippen LogP contribution >= 0.6 is 0 Å². The smallest absolute Gasteiger partial charge is 0.306 e. The van der Waals surface area contributed by atoms with Gasteiger partial charge in [-0.15, -0.1) is 0 Å². The first-order valence-electron chi connectivity index (χ1n) is 22.5. The first kappa shape index (κ1) is 44.6. The molecular formula is C52H57N7O6. The first-order chi connectivity index (χ1) is 31.5. The van der Waals surface area contributed by atoms with E-state index in [0.29, 0.717) is 13.1 Å². The number of nitrogens with zero attached hydrogens (tertiary/aromatic N) is 5. The fourth-order valence-electron chi connectivity index (χ4n) is 9.34. The molecule has 0 bridgehead atoms. The number of H-pyrrole nitrogens is 2. The molecule has 0 unspecified atom stereocenters. The van der Waals surface area contributed by atoms with Gasteiger partial charge >= 0.3 is 11.9 Å². The fraction of sp³-hybridized carbons (Fsp3) is 0.346. The fourth-order valence-corrected chi connectivity index (χ4v) is 9.34. The summed E-state index contributed by atoms with van der Waals surface area (Å²) in [6, 6.07) is 34.0. The van der Waals surface area contributed by atoms with Gasteiger partial charge in [0.25, 0.3) is 0 Å². The minimum absolute atomic E-state index is 0.0179. The standard InChI is InChI=1S/C52H57N7O6/c1-33(2)40(29-47(60)64-4)51(62)58-26-12-18-44(58)50-54-32-43(56-50)37-24-25-39(46(28-37)57(3)38-16-10-7-11-17-38)35-20-22-36(23-21-35)42-31-53-49(55-42)45-19-13-27-59(45)52(63)41(30-48(61)65-5)34-14-8-6-9-15-34/h6-11,14-17,20-25,28,31-33,40-41,44-45H,12-13,18-19,26-27,29-30H2,1-5H3,(H,53,55)(H,54,56)/t40-,41+,44-,45-/m0/s1. The van der Waals surface area contributed by atoms with Crippen LogP contribution in [-0.2, 0) is 28.7 Å². The van der Waals surface area contributed by atoms with Crippen molar-refractivity contribution in [3.63, 3.8) is 0 Å². The van der Waals surface area contributed by atoms with E-state index in [9.17, 15) is 19.2 Å². The highest BCUT2D eigenvalue weighted by atomic mass is 16.5. The van der Waals surface area contributed by atoms with Gasteiger partial charge in [0.2, 0.25) is 11.8 Å². The molecule has 13 nitrogen and oxygen atoms in total. The lowest BCUT2D eigenvalue weighted by Gasteiger charge is -2.29. The maximum absolute atomic E-state index is 14.1. The average Bonchev–Trinajstić information content (AvgIpc) is 4.20. The van der Waals surface area contributed by atoms with Crippen LogP contribution in [0.5, 0.6) is 0 Å². The van der Waals surface area contributed by atoms with Gasteiger partial charge < -0.3 is 34.1 Å². The molecule has 2 saturated heterocycles. The van der Waals surface area contributed by atoms with Crippen LogP contribution < -0.4 is 4.90 Å². The van der Waals surface area contributed by atoms with Crippen molar-refractivity contribution in [1.82, 2.24) is 29.7 Å². The zero-order chi connectivity index (χ0) is 45.6. The summed E-state index contributed by atoms with van der Waals surface area (Å²) in [5, 5.41) is 0. The van der Waals surface area contributed by atoms with E-state index in [1.165, 1.54) is 14.2 Å². The van der Waals surface area contributed by atoms with Crippen LogP contribution in [0.1, 0.15) is 87.6 Å². The summed E-state index contributed by atoms with van der Waals surface area (Å²) < 4.78 is 9.89. The SMILES string of the molecule is COC(=O)C[C@H](C(=O)N1CCC[C@H]1c1ncc(-c2ccc(-c3ccc(-c4cnc([C@@H]5CCCN5C(=O)[C@H](CC(=O)OC)c5ccccc5)[nH]4)cc3)c(N(C)c3ccccc3)c2)[nH]1)C(C)C. The summed E-state index contributed by atoms with van der Waals surface area (Å²) in [7, 11) is 4.76. The van der Waals surface area contributed by atoms with Gasteiger partial charge in [0.15, 0.2) is 0 Å². The van der Waals surface area contributed by atoms with Gasteiger partial charge in [-0.05, 0) is 66.5 Å². The summed E-state index contributed by atoms with van der Waals surface area (Å²) in [5.74, 6) is -0.643. The molecule has 2 aliphatic heterocycles. The molecule has 13 heteroatoms. The number of carbonyl (C=O) groups is 4. The maximum atomic E-state index is 14.1. The van der Waals surface area contributed by atoms with Crippen molar-refractivity contribution in [1.29, 1.82) is 0 Å². The van der Waals surface area contributed by atoms with Crippen molar-refractivity contribution < 1.29 is 28.7 Å². The molecule has 2 aromatic heterocycles. The minimum Gasteiger partial charge on any atom is -0.469 e. The first-order valence-corrected chi connectivity index (χ1v) is 22.5. The highest BCUT2D eigenvalue weighted by Crippen LogP contribution is 2.40. The van der Waals surface area contributed by atoms with Crippen LogP contribution in [0, 0.1) is 11.8 Å². The number of para-hydroxylation sites is 1. The Balaban J connectivity index is 1.04. The third-order valence-electron chi connectivity index (χ3n) is 13.0. The van der Waals surface area contributed by atoms with Gasteiger partial charge in [0, 0.05) is 42.6 Å². The molecule has 4 atom stereocenters. The number of aromatic amines is 2. The molecule has 0 spiro atoms. The second-order valence-electron chi connectivity index (χ2n) is 17.3. The van der Waals surface area contributed by atoms with E-state index in [1.54, 1.807) is 0 Å². The van der Waals surface area contributed by atoms with Gasteiger partial charge in [0.1, 0.15) is 11.6 Å². The summed E-state index contributed by atoms with van der Waals surface area (Å²) in [6.45, 7) is 5.13. The van der Waals surface area contributed by atoms with Gasteiger partial charge in [-0.2, -0.15) is 0 Å². The van der Waals surface area contributed by atoms with Crippen LogP contribution in [0.25, 0.3) is 33.6 Å². The molecule has 2 N–H and O–H groups in total. The summed E-state index contributed by atoms with van der Waals surface area (Å²) >= 11 is 0. The number of aromatic nitrogens is 4. The van der Waals surface area contributed by atoms with Crippen molar-refractivity contribution in [3.05, 3.63) is 133 Å². The second kappa shape index (κ2) is 19.8. The third-order valence-corrected chi connectivity index (χ3v) is 13.0. The van der Waals surface area contributed by atoms with Crippen molar-refractivity contribution in [2.75, 3.05) is 39.3 Å². The number of benzene rings is 4. The molecule has 2 fully saturated rings. The van der Waals surface area contributed by atoms with Crippen molar-refractivity contribution in [2.24, 2.45) is 11.8 Å². The van der Waals surface area contributed by atoms with Crippen molar-refractivity contribution in [3.8, 4) is 33.6 Å². The maximum Gasteiger partial charge on any atom is 0.306 e. The van der Waals surface area contributed by atoms with E-state index in [4.69, 9.17) is 19.4 Å². The molecular weight excluding hydrogens is 819 g/mol. The third kappa shape index (κ3) is 9.60. The molecule has 6 aromatic rings. The van der Waals surface area contributed by atoms with Crippen molar-refractivity contribution >= 4 is 35.1 Å². The lowest BCUT2D eigenvalue weighted by molar-refractivity contribution is -0.148. The molecule has 0 radical (unpaired) electrons. The predicted molar refractivity (Wildman–Crippen MR) is 250 cm³/mol. The number of likely N-dealkylation sites (tertiary alicyclic amines) is 2. The van der Waals surface area contributed by atoms with Crippen LogP contribution in [0.15, 0.2) is 116 Å². The normalized spacial score (nSPS) is 17.0. The number of methoxy groups -OCH3 is 2. The lowest BCUT2D eigenvalue weighted by atomic mass is 9.91. The Morgan fingerprint density at radius 3 is 1.78 bits per heavy atom. The molecule has 65 heavy (non-hydrogen) atoms. The van der Waals surface area contributed by atoms with Gasteiger partial charge in [0.05, 0.1) is 74.8 Å². The second-order valence-corrected chi connectivity index (χ2v) is 17.3. The Morgan fingerprint density at radius 2 is 1.20 bits per heavy atom. The lowest BCUT2D eigenvalue weighted by Crippen LogP contribution is -2.39. The summed E-state index contributed by atoms with van der Waals surface area (Å²) in [5.41, 5.74) is 8.47. The summed E-state index contributed by atoms with van der Waals surface area (Å²) in [4.78, 5) is 75.2. The van der Waals surface area contributed by atoms with Crippen LogP contribution in [-0.4, -0.2) is 87.8 Å². The van der Waals surface area contributed by atoms with E-state index >= 15 is 0 Å². The molecule has 2 amide bonds. The number of imidazole rings is 2. The molecule has 4 heterocycles. The Morgan fingerprint density at radius 1 is 0.677 bits per heavy atom. The zero-order valence-electron chi connectivity index (χ0n) is 37.7. The molecule has 4 aromatic carbocycles. The van der Waals surface area contributed by atoms with E-state index in [2.05, 4.69) is 76.5 Å². The number of amides is 2. The Hall–Kier alpha value is -7.02. The molecule has 8 rings (SSSR count). The summed E-state index contributed by atoms with van der Waals surface area (Å²) in [6.07, 6.45) is 6.91. The van der Waals surface area contributed by atoms with Gasteiger partial charge in [-0.25, -0.2) is 9.97 Å². The topological polar surface area (TPSA) is 154 Å². The Bertz CT molecular complexity index is 2610. The number of carbonyl (C=O) groups excluding carboxylic acids is 4. The van der Waals surface area contributed by atoms with E-state index in [0.717, 1.165) is 87.9 Å². The molecule has 2 aliphatic rings. The number of esters is 2. The average molecular weight is 876 g/mol. The van der Waals surface area contributed by atoms with E-state index in [1.807, 2.05) is 84.6 Å². The highest BCUT2D eigenvalue weighted by Gasteiger charge is 2.39. The predicted octanol–water partition coefficient (Wildman–Crippen LogP) is 9.41. The van der Waals surface area contributed by atoms with Gasteiger partial charge in [-0.1, -0.05) is 98.8 Å². The minimum atomic E-state index is -0.646. The van der Waals surface area contributed by atoms with E-state index < -0.39 is 17.8 Å². The monoisotopic (exact) mass is 875 g/mol. The number of ether oxygens (including phenoxy) is 2. The quantitative estimate of drug-likeness (QED) is 0.0961. The highest BCUT2D eigenvalue weighted by molar-refractivity contribution is 5.89. The van der Waals surface area contributed by atoms with Crippen LogP contribution in [0.4, 0.5) is 11.4 Å². The van der Waals surface area contributed by atoms with Crippen molar-refractivity contribution in [2.45, 2.75) is 70.4 Å². The Kier molecular flexibility index (Phi) is 13.6. The van der Waals surface area contributed by atoms with Crippen LogP contribution in [0.2, 0.25) is 0 Å². The number of hydrogen-bond acceptors (Lipinski definition) is 9. The van der Waals surface area contributed by atoms with Crippen LogP contribution in [0.3, 0.4) is 0 Å². The largest absolute Gasteiger partial charge is 0.469 e. The zero-order valence-corrected chi connectivity index (χ0v) is 37.7. The Labute approximate surface area is 380 Å². The molecule has 0 saturated carbocycles. The molecule has 336 valence electrons. The molecule has 0 aliphatic carbocycles.